The highest BCUT2D eigenvalue weighted by Gasteiger charge is 2.16. The first-order chi connectivity index (χ1) is 23.1. The normalized spacial score (nSPS) is 12.3. The smallest absolute Gasteiger partial charge is 0.306 e. The second-order valence-corrected chi connectivity index (χ2v) is 13.7. The van der Waals surface area contributed by atoms with Crippen LogP contribution in [-0.4, -0.2) is 36.4 Å². The lowest BCUT2D eigenvalue weighted by atomic mass is 10.0. The van der Waals surface area contributed by atoms with Crippen molar-refractivity contribution in [2.75, 3.05) is 13.2 Å². The Kier molecular flexibility index (Phi) is 37.5. The van der Waals surface area contributed by atoms with E-state index in [9.17, 15) is 14.7 Å². The summed E-state index contributed by atoms with van der Waals surface area (Å²) >= 11 is 0. The molecule has 0 amide bonds. The van der Waals surface area contributed by atoms with Gasteiger partial charge in [-0.2, -0.15) is 0 Å². The molecular weight excluding hydrogens is 584 g/mol. The van der Waals surface area contributed by atoms with Gasteiger partial charge < -0.3 is 14.6 Å². The monoisotopic (exact) mass is 663 g/mol. The third-order valence-corrected chi connectivity index (χ3v) is 9.00. The van der Waals surface area contributed by atoms with Crippen LogP contribution < -0.4 is 0 Å². The minimum Gasteiger partial charge on any atom is -0.462 e. The van der Waals surface area contributed by atoms with E-state index in [4.69, 9.17) is 9.47 Å². The molecule has 5 heteroatoms. The maximum Gasteiger partial charge on any atom is 0.306 e. The summed E-state index contributed by atoms with van der Waals surface area (Å²) in [5.74, 6) is -0.594. The van der Waals surface area contributed by atoms with Crippen LogP contribution in [0, 0.1) is 0 Å². The summed E-state index contributed by atoms with van der Waals surface area (Å²) in [7, 11) is 0. The number of carbonyl (C=O) groups excluding carboxylic acids is 2. The highest BCUT2D eigenvalue weighted by atomic mass is 16.6. The Morgan fingerprint density at radius 2 is 0.851 bits per heavy atom. The summed E-state index contributed by atoms with van der Waals surface area (Å²) in [4.78, 5) is 24.0. The number of aliphatic hydroxyl groups is 1. The van der Waals surface area contributed by atoms with Crippen molar-refractivity contribution in [1.29, 1.82) is 0 Å². The molecule has 5 nitrogen and oxygen atoms in total. The van der Waals surface area contributed by atoms with Gasteiger partial charge in [0.05, 0.1) is 6.61 Å². The van der Waals surface area contributed by atoms with Gasteiger partial charge in [0.1, 0.15) is 6.61 Å². The molecule has 1 N–H and O–H groups in total. The molecule has 0 aliphatic heterocycles. The van der Waals surface area contributed by atoms with E-state index in [1.807, 2.05) is 0 Å². The van der Waals surface area contributed by atoms with Crippen molar-refractivity contribution in [3.63, 3.8) is 0 Å². The first-order valence-corrected chi connectivity index (χ1v) is 20.4. The number of carbonyl (C=O) groups is 2. The number of rotatable bonds is 37. The zero-order valence-corrected chi connectivity index (χ0v) is 31.3. The molecule has 47 heavy (non-hydrogen) atoms. The SMILES string of the molecule is CCCCCCC/C=C\C/C=C\CCCCCCCCCCCCCCCCCC(=O)OC(CO)COC(=O)CCCCCCCC. The highest BCUT2D eigenvalue weighted by molar-refractivity contribution is 5.70. The van der Waals surface area contributed by atoms with Crippen molar-refractivity contribution in [2.24, 2.45) is 0 Å². The third kappa shape index (κ3) is 37.1. The van der Waals surface area contributed by atoms with Crippen LogP contribution >= 0.6 is 0 Å². The Bertz CT molecular complexity index is 716. The number of unbranched alkanes of at least 4 members (excludes halogenated alkanes) is 25. The van der Waals surface area contributed by atoms with Crippen molar-refractivity contribution >= 4 is 11.9 Å². The maximum absolute atomic E-state index is 12.1. The lowest BCUT2D eigenvalue weighted by molar-refractivity contribution is -0.161. The fourth-order valence-corrected chi connectivity index (χ4v) is 5.88. The van der Waals surface area contributed by atoms with E-state index >= 15 is 0 Å². The van der Waals surface area contributed by atoms with Crippen molar-refractivity contribution in [3.8, 4) is 0 Å². The van der Waals surface area contributed by atoms with Gasteiger partial charge in [-0.15, -0.1) is 0 Å². The fourth-order valence-electron chi connectivity index (χ4n) is 5.88. The van der Waals surface area contributed by atoms with E-state index in [1.54, 1.807) is 0 Å². The first kappa shape index (κ1) is 45.4. The number of allylic oxidation sites excluding steroid dienone is 4. The largest absolute Gasteiger partial charge is 0.462 e. The Morgan fingerprint density at radius 3 is 1.26 bits per heavy atom. The van der Waals surface area contributed by atoms with Crippen molar-refractivity contribution in [1.82, 2.24) is 0 Å². The number of hydrogen-bond donors (Lipinski definition) is 1. The second-order valence-electron chi connectivity index (χ2n) is 13.7. The summed E-state index contributed by atoms with van der Waals surface area (Å²) in [5, 5.41) is 9.49. The molecule has 0 fully saturated rings. The fraction of sp³-hybridized carbons (Fsp3) is 0.857. The molecule has 1 atom stereocenters. The van der Waals surface area contributed by atoms with Gasteiger partial charge in [-0.25, -0.2) is 0 Å². The van der Waals surface area contributed by atoms with Crippen LogP contribution in [0.2, 0.25) is 0 Å². The van der Waals surface area contributed by atoms with Gasteiger partial charge >= 0.3 is 11.9 Å². The molecule has 1 unspecified atom stereocenters. The van der Waals surface area contributed by atoms with E-state index in [1.165, 1.54) is 141 Å². The van der Waals surface area contributed by atoms with Crippen LogP contribution in [0.5, 0.6) is 0 Å². The van der Waals surface area contributed by atoms with Crippen LogP contribution in [0.3, 0.4) is 0 Å². The molecule has 0 radical (unpaired) electrons. The van der Waals surface area contributed by atoms with Crippen molar-refractivity contribution in [2.45, 2.75) is 219 Å². The number of ether oxygens (including phenoxy) is 2. The van der Waals surface area contributed by atoms with Crippen molar-refractivity contribution in [3.05, 3.63) is 24.3 Å². The molecule has 0 aromatic carbocycles. The number of hydrogen-bond acceptors (Lipinski definition) is 5. The Balaban J connectivity index is 3.41. The minimum absolute atomic E-state index is 0.0626. The molecule has 276 valence electrons. The van der Waals surface area contributed by atoms with Crippen LogP contribution in [-0.2, 0) is 19.1 Å². The third-order valence-electron chi connectivity index (χ3n) is 9.00. The molecule has 0 rings (SSSR count). The topological polar surface area (TPSA) is 72.8 Å². The summed E-state index contributed by atoms with van der Waals surface area (Å²) < 4.78 is 10.5. The summed E-state index contributed by atoms with van der Waals surface area (Å²) in [6.07, 6.45) is 45.7. The standard InChI is InChI=1S/C42H78O5/c1-3-5-7-9-11-12-13-14-15-16-17-18-19-20-21-22-23-24-25-26-27-28-29-30-31-33-35-37-42(45)47-40(38-43)39-46-41(44)36-34-32-10-8-6-4-2/h13-14,16-17,40,43H,3-12,15,18-39H2,1-2H3/b14-13-,17-16-. The zero-order valence-electron chi connectivity index (χ0n) is 31.3. The molecule has 0 spiro atoms. The van der Waals surface area contributed by atoms with E-state index < -0.39 is 6.10 Å². The average molecular weight is 663 g/mol. The van der Waals surface area contributed by atoms with Crippen LogP contribution in [0.25, 0.3) is 0 Å². The molecule has 0 aliphatic carbocycles. The summed E-state index contributed by atoms with van der Waals surface area (Å²) in [5.41, 5.74) is 0. The average Bonchev–Trinajstić information content (AvgIpc) is 3.07. The van der Waals surface area contributed by atoms with E-state index in [2.05, 4.69) is 38.2 Å². The van der Waals surface area contributed by atoms with Gasteiger partial charge in [0.15, 0.2) is 6.10 Å². The van der Waals surface area contributed by atoms with Gasteiger partial charge in [0, 0.05) is 12.8 Å². The van der Waals surface area contributed by atoms with E-state index in [0.717, 1.165) is 44.9 Å². The second kappa shape index (κ2) is 38.8. The first-order valence-electron chi connectivity index (χ1n) is 20.4. The molecule has 0 aliphatic rings. The quantitative estimate of drug-likeness (QED) is 0.0407. The minimum atomic E-state index is -0.763. The van der Waals surface area contributed by atoms with Gasteiger partial charge in [-0.1, -0.05) is 179 Å². The van der Waals surface area contributed by atoms with Crippen LogP contribution in [0.15, 0.2) is 24.3 Å². The van der Waals surface area contributed by atoms with Gasteiger partial charge in [0.2, 0.25) is 0 Å². The Morgan fingerprint density at radius 1 is 0.489 bits per heavy atom. The van der Waals surface area contributed by atoms with Crippen molar-refractivity contribution < 1.29 is 24.2 Å². The molecule has 0 heterocycles. The predicted molar refractivity (Wildman–Crippen MR) is 201 cm³/mol. The maximum atomic E-state index is 12.1. The van der Waals surface area contributed by atoms with Gasteiger partial charge in [0.25, 0.3) is 0 Å². The molecular formula is C42H78O5. The Labute approximate surface area is 292 Å². The Hall–Kier alpha value is -1.62. The molecule has 0 bridgehead atoms. The highest BCUT2D eigenvalue weighted by Crippen LogP contribution is 2.15. The van der Waals surface area contributed by atoms with E-state index in [-0.39, 0.29) is 25.2 Å². The molecule has 0 saturated carbocycles. The van der Waals surface area contributed by atoms with Gasteiger partial charge in [-0.3, -0.25) is 9.59 Å². The molecule has 0 aromatic heterocycles. The lowest BCUT2D eigenvalue weighted by Crippen LogP contribution is -2.28. The number of aliphatic hydroxyl groups excluding tert-OH is 1. The molecule has 0 aromatic rings. The van der Waals surface area contributed by atoms with E-state index in [0.29, 0.717) is 12.8 Å². The zero-order chi connectivity index (χ0) is 34.3. The van der Waals surface area contributed by atoms with Gasteiger partial charge in [-0.05, 0) is 44.9 Å². The lowest BCUT2D eigenvalue weighted by Gasteiger charge is -2.15. The predicted octanol–water partition coefficient (Wildman–Crippen LogP) is 12.7. The number of esters is 2. The summed E-state index contributed by atoms with van der Waals surface area (Å²) in [6, 6.07) is 0. The van der Waals surface area contributed by atoms with Crippen LogP contribution in [0.4, 0.5) is 0 Å². The summed E-state index contributed by atoms with van der Waals surface area (Å²) in [6.45, 7) is 4.07. The van der Waals surface area contributed by atoms with Crippen LogP contribution in [0.1, 0.15) is 213 Å². The molecule has 0 saturated heterocycles.